The second kappa shape index (κ2) is 9.03. The molecule has 1 aliphatic rings. The Hall–Kier alpha value is -2.98. The Balaban J connectivity index is 1.33. The second-order valence-electron chi connectivity index (χ2n) is 7.49. The average Bonchev–Trinajstić information content (AvgIpc) is 3.43. The standard InChI is InChI=1S/C21H26N6O3S/c1-15-13-20(27-11-3-4-12-27)26-21(24-15)22-9-10-23-31(28,29)18-7-5-17(6-8-18)19-14-30-16(2)25-19/h5-8,13-14,23H,3-4,9-12H2,1-2H3,(H,22,24,26). The van der Waals surface area contributed by atoms with Crippen LogP contribution in [0.15, 0.2) is 45.9 Å². The maximum absolute atomic E-state index is 12.6. The summed E-state index contributed by atoms with van der Waals surface area (Å²) in [5.74, 6) is 1.98. The van der Waals surface area contributed by atoms with E-state index in [1.165, 1.54) is 12.8 Å². The third kappa shape index (κ3) is 5.20. The zero-order chi connectivity index (χ0) is 21.8. The van der Waals surface area contributed by atoms with Crippen LogP contribution in [0.2, 0.25) is 0 Å². The molecule has 1 saturated heterocycles. The summed E-state index contributed by atoms with van der Waals surface area (Å²) in [4.78, 5) is 15.6. The number of hydrogen-bond acceptors (Lipinski definition) is 8. The lowest BCUT2D eigenvalue weighted by Crippen LogP contribution is -2.29. The first-order valence-electron chi connectivity index (χ1n) is 10.3. The number of nitrogens with one attached hydrogen (secondary N) is 2. The molecule has 0 amide bonds. The van der Waals surface area contributed by atoms with E-state index in [0.717, 1.165) is 30.2 Å². The minimum Gasteiger partial charge on any atom is -0.449 e. The molecule has 4 rings (SSSR count). The SMILES string of the molecule is Cc1cc(N2CCCC2)nc(NCCNS(=O)(=O)c2ccc(-c3coc(C)n3)cc2)n1. The highest BCUT2D eigenvalue weighted by molar-refractivity contribution is 7.89. The Bertz CT molecular complexity index is 1140. The molecule has 3 heterocycles. The summed E-state index contributed by atoms with van der Waals surface area (Å²) in [6, 6.07) is 8.51. The van der Waals surface area contributed by atoms with Crippen LogP contribution < -0.4 is 14.9 Å². The third-order valence-electron chi connectivity index (χ3n) is 5.05. The summed E-state index contributed by atoms with van der Waals surface area (Å²) in [7, 11) is -3.62. The van der Waals surface area contributed by atoms with Gasteiger partial charge >= 0.3 is 0 Å². The summed E-state index contributed by atoms with van der Waals surface area (Å²) < 4.78 is 32.9. The lowest BCUT2D eigenvalue weighted by atomic mass is 10.2. The predicted molar refractivity (Wildman–Crippen MR) is 119 cm³/mol. The maximum atomic E-state index is 12.6. The molecule has 1 fully saturated rings. The Labute approximate surface area is 182 Å². The quantitative estimate of drug-likeness (QED) is 0.512. The van der Waals surface area contributed by atoms with E-state index in [4.69, 9.17) is 4.42 Å². The van der Waals surface area contributed by atoms with E-state index in [1.54, 1.807) is 37.5 Å². The van der Waals surface area contributed by atoms with Crippen molar-refractivity contribution in [3.05, 3.63) is 48.2 Å². The molecule has 0 aliphatic carbocycles. The van der Waals surface area contributed by atoms with Gasteiger partial charge in [-0.25, -0.2) is 23.1 Å². The number of rotatable bonds is 8. The van der Waals surface area contributed by atoms with Crippen LogP contribution in [0.4, 0.5) is 11.8 Å². The second-order valence-corrected chi connectivity index (χ2v) is 9.25. The molecule has 0 saturated carbocycles. The zero-order valence-electron chi connectivity index (χ0n) is 17.6. The number of sulfonamides is 1. The van der Waals surface area contributed by atoms with Gasteiger partial charge < -0.3 is 14.6 Å². The number of benzene rings is 1. The first-order chi connectivity index (χ1) is 14.9. The van der Waals surface area contributed by atoms with Crippen molar-refractivity contribution in [2.24, 2.45) is 0 Å². The van der Waals surface area contributed by atoms with Crippen molar-refractivity contribution in [3.8, 4) is 11.3 Å². The van der Waals surface area contributed by atoms with Crippen LogP contribution >= 0.6 is 0 Å². The zero-order valence-corrected chi connectivity index (χ0v) is 18.4. The first-order valence-corrected chi connectivity index (χ1v) is 11.8. The van der Waals surface area contributed by atoms with Gasteiger partial charge in [-0.15, -0.1) is 0 Å². The summed E-state index contributed by atoms with van der Waals surface area (Å²) in [6.07, 6.45) is 3.89. The van der Waals surface area contributed by atoms with Crippen LogP contribution in [0.5, 0.6) is 0 Å². The molecule has 31 heavy (non-hydrogen) atoms. The summed E-state index contributed by atoms with van der Waals surface area (Å²) in [5, 5.41) is 3.11. The van der Waals surface area contributed by atoms with Crippen molar-refractivity contribution in [2.75, 3.05) is 36.4 Å². The molecule has 0 spiro atoms. The minimum absolute atomic E-state index is 0.194. The molecule has 10 heteroatoms. The van der Waals surface area contributed by atoms with E-state index in [-0.39, 0.29) is 11.4 Å². The largest absolute Gasteiger partial charge is 0.449 e. The molecule has 9 nitrogen and oxygen atoms in total. The summed E-state index contributed by atoms with van der Waals surface area (Å²) in [6.45, 7) is 6.28. The van der Waals surface area contributed by atoms with Crippen molar-refractivity contribution in [1.29, 1.82) is 0 Å². The van der Waals surface area contributed by atoms with Crippen molar-refractivity contribution in [1.82, 2.24) is 19.7 Å². The fraction of sp³-hybridized carbons (Fsp3) is 0.381. The number of nitrogens with zero attached hydrogens (tertiary/aromatic N) is 4. The lowest BCUT2D eigenvalue weighted by Gasteiger charge is -2.17. The van der Waals surface area contributed by atoms with Crippen LogP contribution in [0.1, 0.15) is 24.4 Å². The molecule has 0 bridgehead atoms. The highest BCUT2D eigenvalue weighted by atomic mass is 32.2. The molecule has 3 aromatic rings. The van der Waals surface area contributed by atoms with E-state index < -0.39 is 10.0 Å². The fourth-order valence-corrected chi connectivity index (χ4v) is 4.51. The van der Waals surface area contributed by atoms with Gasteiger partial charge in [0.1, 0.15) is 17.8 Å². The normalized spacial score (nSPS) is 14.2. The lowest BCUT2D eigenvalue weighted by molar-refractivity contribution is 0.521. The molecule has 0 radical (unpaired) electrons. The van der Waals surface area contributed by atoms with E-state index in [0.29, 0.717) is 24.1 Å². The molecule has 2 aromatic heterocycles. The van der Waals surface area contributed by atoms with Gasteiger partial charge in [-0.1, -0.05) is 12.1 Å². The Morgan fingerprint density at radius 2 is 1.77 bits per heavy atom. The van der Waals surface area contributed by atoms with Gasteiger partial charge in [-0.2, -0.15) is 4.98 Å². The van der Waals surface area contributed by atoms with Crippen molar-refractivity contribution >= 4 is 21.8 Å². The molecular formula is C21H26N6O3S. The van der Waals surface area contributed by atoms with Gasteiger partial charge in [0.05, 0.1) is 4.90 Å². The Kier molecular flexibility index (Phi) is 6.19. The molecule has 0 unspecified atom stereocenters. The van der Waals surface area contributed by atoms with Crippen LogP contribution in [0.25, 0.3) is 11.3 Å². The van der Waals surface area contributed by atoms with Gasteiger partial charge in [-0.05, 0) is 31.9 Å². The van der Waals surface area contributed by atoms with E-state index >= 15 is 0 Å². The minimum atomic E-state index is -3.62. The molecule has 164 valence electrons. The fourth-order valence-electron chi connectivity index (χ4n) is 3.48. The number of hydrogen-bond donors (Lipinski definition) is 2. The van der Waals surface area contributed by atoms with E-state index in [1.807, 2.05) is 13.0 Å². The number of aryl methyl sites for hydroxylation is 2. The number of aromatic nitrogens is 3. The average molecular weight is 443 g/mol. The Morgan fingerprint density at radius 1 is 1.03 bits per heavy atom. The predicted octanol–water partition coefficient (Wildman–Crippen LogP) is 2.74. The third-order valence-corrected chi connectivity index (χ3v) is 6.53. The van der Waals surface area contributed by atoms with Crippen LogP contribution in [0.3, 0.4) is 0 Å². The van der Waals surface area contributed by atoms with Gasteiger partial charge in [0.15, 0.2) is 5.89 Å². The maximum Gasteiger partial charge on any atom is 0.240 e. The molecule has 1 aromatic carbocycles. The summed E-state index contributed by atoms with van der Waals surface area (Å²) in [5.41, 5.74) is 2.34. The molecule has 0 atom stereocenters. The first kappa shape index (κ1) is 21.3. The van der Waals surface area contributed by atoms with E-state index in [2.05, 4.69) is 29.9 Å². The van der Waals surface area contributed by atoms with Gasteiger partial charge in [0.2, 0.25) is 16.0 Å². The highest BCUT2D eigenvalue weighted by Gasteiger charge is 2.16. The number of oxazole rings is 1. The van der Waals surface area contributed by atoms with Gasteiger partial charge in [-0.3, -0.25) is 0 Å². The monoisotopic (exact) mass is 442 g/mol. The van der Waals surface area contributed by atoms with E-state index in [9.17, 15) is 8.42 Å². The molecular weight excluding hydrogens is 416 g/mol. The van der Waals surface area contributed by atoms with Crippen LogP contribution in [-0.2, 0) is 10.0 Å². The smallest absolute Gasteiger partial charge is 0.240 e. The highest BCUT2D eigenvalue weighted by Crippen LogP contribution is 2.21. The van der Waals surface area contributed by atoms with Crippen molar-refractivity contribution < 1.29 is 12.8 Å². The molecule has 1 aliphatic heterocycles. The van der Waals surface area contributed by atoms with Gasteiger partial charge in [0, 0.05) is 50.4 Å². The number of anilines is 2. The van der Waals surface area contributed by atoms with Gasteiger partial charge in [0.25, 0.3) is 0 Å². The summed E-state index contributed by atoms with van der Waals surface area (Å²) >= 11 is 0. The Morgan fingerprint density at radius 3 is 2.45 bits per heavy atom. The topological polar surface area (TPSA) is 113 Å². The van der Waals surface area contributed by atoms with Crippen LogP contribution in [-0.4, -0.2) is 49.5 Å². The van der Waals surface area contributed by atoms with Crippen molar-refractivity contribution in [2.45, 2.75) is 31.6 Å². The molecule has 2 N–H and O–H groups in total. The van der Waals surface area contributed by atoms with Crippen LogP contribution in [0, 0.1) is 13.8 Å². The van der Waals surface area contributed by atoms with Crippen molar-refractivity contribution in [3.63, 3.8) is 0 Å².